The largest absolute Gasteiger partial charge is 0.491 e. The van der Waals surface area contributed by atoms with Crippen LogP contribution in [0.3, 0.4) is 0 Å². The fourth-order valence-corrected chi connectivity index (χ4v) is 2.21. The molecule has 1 N–H and O–H groups in total. The van der Waals surface area contributed by atoms with E-state index in [1.54, 1.807) is 7.11 Å². The number of ether oxygens (including phenoxy) is 2. The zero-order valence-corrected chi connectivity index (χ0v) is 14.8. The van der Waals surface area contributed by atoms with Gasteiger partial charge in [-0.25, -0.2) is 0 Å². The monoisotopic (exact) mass is 322 g/mol. The van der Waals surface area contributed by atoms with Crippen molar-refractivity contribution in [2.75, 3.05) is 40.4 Å². The maximum absolute atomic E-state index is 11.8. The Morgan fingerprint density at radius 2 is 1.96 bits per heavy atom. The summed E-state index contributed by atoms with van der Waals surface area (Å²) in [5, 5.41) is 2.96. The fourth-order valence-electron chi connectivity index (χ4n) is 2.21. The molecule has 1 aromatic carbocycles. The van der Waals surface area contributed by atoms with Crippen molar-refractivity contribution in [3.63, 3.8) is 0 Å². The highest BCUT2D eigenvalue weighted by Crippen LogP contribution is 2.13. The molecule has 0 aromatic heterocycles. The van der Waals surface area contributed by atoms with E-state index >= 15 is 0 Å². The Labute approximate surface area is 140 Å². The Hall–Kier alpha value is -1.59. The van der Waals surface area contributed by atoms with Crippen LogP contribution in [0.25, 0.3) is 0 Å². The molecule has 130 valence electrons. The molecule has 0 heterocycles. The lowest BCUT2D eigenvalue weighted by molar-refractivity contribution is -0.121. The molecular weight excluding hydrogens is 292 g/mol. The minimum absolute atomic E-state index is 0.0599. The maximum atomic E-state index is 11.8. The lowest BCUT2D eigenvalue weighted by atomic mass is 10.1. The molecule has 23 heavy (non-hydrogen) atoms. The van der Waals surface area contributed by atoms with Crippen molar-refractivity contribution in [3.8, 4) is 5.75 Å². The minimum atomic E-state index is 0.0599. The smallest absolute Gasteiger partial charge is 0.234 e. The maximum Gasteiger partial charge on any atom is 0.234 e. The topological polar surface area (TPSA) is 50.8 Å². The van der Waals surface area contributed by atoms with Gasteiger partial charge in [0.05, 0.1) is 12.6 Å². The van der Waals surface area contributed by atoms with Gasteiger partial charge in [0, 0.05) is 26.8 Å². The summed E-state index contributed by atoms with van der Waals surface area (Å²) < 4.78 is 10.6. The summed E-state index contributed by atoms with van der Waals surface area (Å²) in [6.45, 7) is 6.67. The number of amides is 1. The van der Waals surface area contributed by atoms with Gasteiger partial charge in [-0.3, -0.25) is 9.69 Å². The van der Waals surface area contributed by atoms with Gasteiger partial charge in [0.2, 0.25) is 5.91 Å². The first-order valence-corrected chi connectivity index (χ1v) is 8.21. The van der Waals surface area contributed by atoms with Crippen LogP contribution < -0.4 is 10.1 Å². The summed E-state index contributed by atoms with van der Waals surface area (Å²) in [6.07, 6.45) is 1.94. The number of carbonyl (C=O) groups excluding carboxylic acids is 1. The third kappa shape index (κ3) is 9.21. The van der Waals surface area contributed by atoms with Crippen molar-refractivity contribution in [2.24, 2.45) is 0 Å². The van der Waals surface area contributed by atoms with Crippen molar-refractivity contribution < 1.29 is 14.3 Å². The number of likely N-dealkylation sites (N-methyl/N-ethyl adjacent to an activating group) is 1. The van der Waals surface area contributed by atoms with Gasteiger partial charge in [0.25, 0.3) is 0 Å². The number of carbonyl (C=O) groups is 1. The number of rotatable bonds is 11. The molecule has 5 heteroatoms. The lowest BCUT2D eigenvalue weighted by Gasteiger charge is -2.16. The van der Waals surface area contributed by atoms with E-state index in [0.29, 0.717) is 13.1 Å². The molecule has 0 radical (unpaired) electrons. The van der Waals surface area contributed by atoms with Crippen LogP contribution in [0.15, 0.2) is 24.3 Å². The van der Waals surface area contributed by atoms with E-state index in [1.165, 1.54) is 5.56 Å². The molecule has 0 aliphatic carbocycles. The average Bonchev–Trinajstić information content (AvgIpc) is 2.48. The number of hydrogen-bond donors (Lipinski definition) is 1. The molecule has 0 aliphatic heterocycles. The van der Waals surface area contributed by atoms with Crippen LogP contribution in [0.1, 0.15) is 25.8 Å². The van der Waals surface area contributed by atoms with Crippen molar-refractivity contribution in [1.29, 1.82) is 0 Å². The molecule has 0 aliphatic rings. The van der Waals surface area contributed by atoms with Gasteiger partial charge in [-0.2, -0.15) is 0 Å². The zero-order chi connectivity index (χ0) is 17.1. The van der Waals surface area contributed by atoms with Crippen LogP contribution in [-0.4, -0.2) is 57.3 Å². The minimum Gasteiger partial charge on any atom is -0.491 e. The number of nitrogens with one attached hydrogen (secondary N) is 1. The summed E-state index contributed by atoms with van der Waals surface area (Å²) in [6, 6.07) is 8.03. The van der Waals surface area contributed by atoms with Crippen molar-refractivity contribution >= 4 is 5.91 Å². The molecule has 1 aromatic rings. The molecule has 0 saturated heterocycles. The van der Waals surface area contributed by atoms with Gasteiger partial charge in [0.15, 0.2) is 0 Å². The van der Waals surface area contributed by atoms with Gasteiger partial charge in [-0.1, -0.05) is 12.1 Å². The molecule has 0 atom stereocenters. The summed E-state index contributed by atoms with van der Waals surface area (Å²) in [4.78, 5) is 13.9. The van der Waals surface area contributed by atoms with Crippen LogP contribution >= 0.6 is 0 Å². The highest BCUT2D eigenvalue weighted by Gasteiger charge is 2.06. The third-order valence-corrected chi connectivity index (χ3v) is 3.33. The molecule has 0 saturated carbocycles. The summed E-state index contributed by atoms with van der Waals surface area (Å²) >= 11 is 0. The van der Waals surface area contributed by atoms with Gasteiger partial charge < -0.3 is 14.8 Å². The Balaban J connectivity index is 2.21. The number of methoxy groups -OCH3 is 1. The molecule has 1 rings (SSSR count). The van der Waals surface area contributed by atoms with Crippen LogP contribution in [0.2, 0.25) is 0 Å². The van der Waals surface area contributed by atoms with E-state index in [1.807, 2.05) is 50.1 Å². The van der Waals surface area contributed by atoms with E-state index in [2.05, 4.69) is 5.32 Å². The van der Waals surface area contributed by atoms with Crippen LogP contribution in [0.4, 0.5) is 0 Å². The summed E-state index contributed by atoms with van der Waals surface area (Å²) in [5.41, 5.74) is 1.19. The zero-order valence-electron chi connectivity index (χ0n) is 14.8. The SMILES string of the molecule is COCCCN(C)CC(=O)NCCc1ccc(OC(C)C)cc1. The first kappa shape index (κ1) is 19.5. The molecule has 5 nitrogen and oxygen atoms in total. The normalized spacial score (nSPS) is 11.0. The Kier molecular flexibility index (Phi) is 9.33. The second-order valence-corrected chi connectivity index (χ2v) is 5.99. The predicted octanol–water partition coefficient (Wildman–Crippen LogP) is 2.10. The van der Waals surface area contributed by atoms with Gasteiger partial charge in [0.1, 0.15) is 5.75 Å². The molecule has 0 spiro atoms. The third-order valence-electron chi connectivity index (χ3n) is 3.33. The molecule has 0 unspecified atom stereocenters. The Bertz CT molecular complexity index is 446. The average molecular weight is 322 g/mol. The van der Waals surface area contributed by atoms with Crippen LogP contribution in [0.5, 0.6) is 5.75 Å². The highest BCUT2D eigenvalue weighted by molar-refractivity contribution is 5.77. The lowest BCUT2D eigenvalue weighted by Crippen LogP contribution is -2.36. The first-order valence-electron chi connectivity index (χ1n) is 8.21. The van der Waals surface area contributed by atoms with Gasteiger partial charge in [-0.05, 0) is 51.4 Å². The number of nitrogens with zero attached hydrogens (tertiary/aromatic N) is 1. The highest BCUT2D eigenvalue weighted by atomic mass is 16.5. The summed E-state index contributed by atoms with van der Waals surface area (Å²) in [5.74, 6) is 0.940. The molecule has 0 fully saturated rings. The van der Waals surface area contributed by atoms with E-state index in [0.717, 1.165) is 31.7 Å². The molecule has 0 bridgehead atoms. The number of benzene rings is 1. The van der Waals surface area contributed by atoms with E-state index < -0.39 is 0 Å². The summed E-state index contributed by atoms with van der Waals surface area (Å²) in [7, 11) is 3.64. The van der Waals surface area contributed by atoms with Crippen molar-refractivity contribution in [1.82, 2.24) is 10.2 Å². The standard InChI is InChI=1S/C18H30N2O3/c1-15(2)23-17-8-6-16(7-9-17)10-11-19-18(21)14-20(3)12-5-13-22-4/h6-9,15H,5,10-14H2,1-4H3,(H,19,21). The van der Waals surface area contributed by atoms with Crippen LogP contribution in [0, 0.1) is 0 Å². The number of hydrogen-bond acceptors (Lipinski definition) is 4. The van der Waals surface area contributed by atoms with Gasteiger partial charge in [-0.15, -0.1) is 0 Å². The Morgan fingerprint density at radius 3 is 2.57 bits per heavy atom. The van der Waals surface area contributed by atoms with E-state index in [9.17, 15) is 4.79 Å². The van der Waals surface area contributed by atoms with E-state index in [4.69, 9.17) is 9.47 Å². The fraction of sp³-hybridized carbons (Fsp3) is 0.611. The first-order chi connectivity index (χ1) is 11.0. The van der Waals surface area contributed by atoms with E-state index in [-0.39, 0.29) is 12.0 Å². The quantitative estimate of drug-likeness (QED) is 0.634. The predicted molar refractivity (Wildman–Crippen MR) is 92.9 cm³/mol. The Morgan fingerprint density at radius 1 is 1.26 bits per heavy atom. The molecule has 1 amide bonds. The second-order valence-electron chi connectivity index (χ2n) is 5.99. The second kappa shape index (κ2) is 11.0. The van der Waals surface area contributed by atoms with Gasteiger partial charge >= 0.3 is 0 Å². The molecular formula is C18H30N2O3. The van der Waals surface area contributed by atoms with Crippen LogP contribution in [-0.2, 0) is 16.0 Å². The van der Waals surface area contributed by atoms with Crippen molar-refractivity contribution in [3.05, 3.63) is 29.8 Å². The van der Waals surface area contributed by atoms with Crippen molar-refractivity contribution in [2.45, 2.75) is 32.8 Å².